The van der Waals surface area contributed by atoms with Gasteiger partial charge in [-0.15, -0.1) is 0 Å². The van der Waals surface area contributed by atoms with Gasteiger partial charge in [0.2, 0.25) is 5.91 Å². The highest BCUT2D eigenvalue weighted by atomic mass is 16.4. The van der Waals surface area contributed by atoms with Crippen molar-refractivity contribution in [2.75, 3.05) is 0 Å². The lowest BCUT2D eigenvalue weighted by Gasteiger charge is -2.25. The van der Waals surface area contributed by atoms with Gasteiger partial charge in [-0.2, -0.15) is 0 Å². The van der Waals surface area contributed by atoms with E-state index < -0.39 is 11.5 Å². The number of carboxylic acid groups (broad SMARTS) is 1. The second-order valence-corrected chi connectivity index (χ2v) is 5.84. The first-order valence-electron chi connectivity index (χ1n) is 7.40. The predicted molar refractivity (Wildman–Crippen MR) is 77.1 cm³/mol. The van der Waals surface area contributed by atoms with Gasteiger partial charge < -0.3 is 10.4 Å². The van der Waals surface area contributed by atoms with Gasteiger partial charge in [0.25, 0.3) is 0 Å². The molecule has 0 fully saturated rings. The van der Waals surface area contributed by atoms with E-state index in [4.69, 9.17) is 5.11 Å². The molecule has 19 heavy (non-hydrogen) atoms. The summed E-state index contributed by atoms with van der Waals surface area (Å²) < 4.78 is 0. The maximum absolute atomic E-state index is 11.7. The molecule has 4 heteroatoms. The van der Waals surface area contributed by atoms with Crippen LogP contribution < -0.4 is 5.32 Å². The van der Waals surface area contributed by atoms with Gasteiger partial charge in [-0.1, -0.05) is 39.0 Å². The summed E-state index contributed by atoms with van der Waals surface area (Å²) in [6, 6.07) is 0. The zero-order valence-electron chi connectivity index (χ0n) is 12.6. The number of carbonyl (C=O) groups excluding carboxylic acids is 1. The van der Waals surface area contributed by atoms with Crippen LogP contribution in [0, 0.1) is 0 Å². The van der Waals surface area contributed by atoms with Crippen LogP contribution in [0.1, 0.15) is 78.6 Å². The molecule has 2 N–H and O–H groups in total. The predicted octanol–water partition coefficient (Wildman–Crippen LogP) is 3.50. The third-order valence-corrected chi connectivity index (χ3v) is 3.20. The molecule has 0 bridgehead atoms. The molecule has 0 saturated heterocycles. The van der Waals surface area contributed by atoms with Gasteiger partial charge in [-0.05, 0) is 26.7 Å². The monoisotopic (exact) mass is 271 g/mol. The summed E-state index contributed by atoms with van der Waals surface area (Å²) in [5, 5.41) is 11.6. The van der Waals surface area contributed by atoms with Crippen LogP contribution in [0.15, 0.2) is 0 Å². The van der Waals surface area contributed by atoms with Crippen molar-refractivity contribution in [1.82, 2.24) is 5.32 Å². The average Bonchev–Trinajstić information content (AvgIpc) is 2.31. The fraction of sp³-hybridized carbons (Fsp3) is 0.867. The minimum atomic E-state index is -0.821. The van der Waals surface area contributed by atoms with E-state index in [1.165, 1.54) is 25.7 Å². The van der Waals surface area contributed by atoms with E-state index in [2.05, 4.69) is 12.2 Å². The molecule has 0 aromatic carbocycles. The molecule has 4 nitrogen and oxygen atoms in total. The molecule has 0 radical (unpaired) electrons. The lowest BCUT2D eigenvalue weighted by atomic mass is 9.98. The molecule has 1 amide bonds. The molecule has 0 atom stereocenters. The quantitative estimate of drug-likeness (QED) is 0.565. The van der Waals surface area contributed by atoms with Crippen LogP contribution in [0.4, 0.5) is 0 Å². The minimum absolute atomic E-state index is 0.0332. The molecular weight excluding hydrogens is 242 g/mol. The number of nitrogens with one attached hydrogen (secondary N) is 1. The lowest BCUT2D eigenvalue weighted by Crippen LogP contribution is -2.43. The molecular formula is C15H29NO3. The Morgan fingerprint density at radius 3 is 2.16 bits per heavy atom. The van der Waals surface area contributed by atoms with E-state index in [0.717, 1.165) is 12.8 Å². The number of carbonyl (C=O) groups is 2. The van der Waals surface area contributed by atoms with Gasteiger partial charge in [0.1, 0.15) is 0 Å². The molecule has 0 unspecified atom stereocenters. The molecule has 0 spiro atoms. The molecule has 0 aliphatic heterocycles. The molecule has 0 aromatic heterocycles. The molecule has 0 aromatic rings. The number of aliphatic carboxylic acids is 1. The summed E-state index contributed by atoms with van der Waals surface area (Å²) in [6.45, 7) is 5.93. The maximum Gasteiger partial charge on any atom is 0.303 e. The summed E-state index contributed by atoms with van der Waals surface area (Å²) >= 11 is 0. The van der Waals surface area contributed by atoms with E-state index >= 15 is 0 Å². The highest BCUT2D eigenvalue weighted by Gasteiger charge is 2.20. The zero-order chi connectivity index (χ0) is 14.7. The first kappa shape index (κ1) is 17.9. The van der Waals surface area contributed by atoms with Crippen LogP contribution >= 0.6 is 0 Å². The largest absolute Gasteiger partial charge is 0.481 e. The Hall–Kier alpha value is -1.06. The highest BCUT2D eigenvalue weighted by molar-refractivity contribution is 5.76. The number of carboxylic acids is 1. The lowest BCUT2D eigenvalue weighted by molar-refractivity contribution is -0.137. The van der Waals surface area contributed by atoms with E-state index in [0.29, 0.717) is 12.8 Å². The van der Waals surface area contributed by atoms with Crippen molar-refractivity contribution in [3.63, 3.8) is 0 Å². The Labute approximate surface area is 117 Å². The van der Waals surface area contributed by atoms with E-state index in [9.17, 15) is 9.59 Å². The van der Waals surface area contributed by atoms with Gasteiger partial charge in [-0.3, -0.25) is 9.59 Å². The van der Waals surface area contributed by atoms with Crippen molar-refractivity contribution in [1.29, 1.82) is 0 Å². The summed E-state index contributed by atoms with van der Waals surface area (Å²) in [7, 11) is 0. The Kier molecular flexibility index (Phi) is 9.27. The summed E-state index contributed by atoms with van der Waals surface area (Å²) in [4.78, 5) is 22.2. The Balaban J connectivity index is 3.69. The fourth-order valence-corrected chi connectivity index (χ4v) is 1.99. The normalized spacial score (nSPS) is 11.3. The van der Waals surface area contributed by atoms with E-state index in [1.807, 2.05) is 13.8 Å². The number of hydrogen-bond donors (Lipinski definition) is 2. The second kappa shape index (κ2) is 9.82. The molecule has 0 rings (SSSR count). The summed E-state index contributed by atoms with van der Waals surface area (Å²) in [6.07, 6.45) is 8.07. The van der Waals surface area contributed by atoms with Crippen LogP contribution in [0.3, 0.4) is 0 Å². The van der Waals surface area contributed by atoms with Crippen LogP contribution in [-0.4, -0.2) is 22.5 Å². The van der Waals surface area contributed by atoms with Crippen LogP contribution in [0.5, 0.6) is 0 Å². The standard InChI is InChI=1S/C15H29NO3/c1-4-5-6-7-8-9-10-13(17)16-15(2,3)12-11-14(18)19/h4-12H2,1-3H3,(H,16,17)(H,18,19). The van der Waals surface area contributed by atoms with Gasteiger partial charge >= 0.3 is 5.97 Å². The molecule has 0 heterocycles. The van der Waals surface area contributed by atoms with Gasteiger partial charge in [0.15, 0.2) is 0 Å². The number of amides is 1. The van der Waals surface area contributed by atoms with Crippen molar-refractivity contribution in [3.8, 4) is 0 Å². The van der Waals surface area contributed by atoms with Crippen molar-refractivity contribution in [2.45, 2.75) is 84.1 Å². The topological polar surface area (TPSA) is 66.4 Å². The van der Waals surface area contributed by atoms with Crippen LogP contribution in [0.2, 0.25) is 0 Å². The fourth-order valence-electron chi connectivity index (χ4n) is 1.99. The van der Waals surface area contributed by atoms with Gasteiger partial charge in [0.05, 0.1) is 0 Å². The van der Waals surface area contributed by atoms with Crippen molar-refractivity contribution in [2.24, 2.45) is 0 Å². The summed E-state index contributed by atoms with van der Waals surface area (Å²) in [5.74, 6) is -0.788. The molecule has 0 saturated carbocycles. The SMILES string of the molecule is CCCCCCCCC(=O)NC(C)(C)CCC(=O)O. The zero-order valence-corrected chi connectivity index (χ0v) is 12.6. The van der Waals surface area contributed by atoms with Crippen LogP contribution in [-0.2, 0) is 9.59 Å². The Morgan fingerprint density at radius 1 is 1.00 bits per heavy atom. The number of hydrogen-bond acceptors (Lipinski definition) is 2. The van der Waals surface area contributed by atoms with Crippen molar-refractivity contribution < 1.29 is 14.7 Å². The van der Waals surface area contributed by atoms with Gasteiger partial charge in [0, 0.05) is 18.4 Å². The third-order valence-electron chi connectivity index (χ3n) is 3.20. The van der Waals surface area contributed by atoms with Crippen molar-refractivity contribution >= 4 is 11.9 Å². The first-order chi connectivity index (χ1) is 8.87. The number of rotatable bonds is 11. The minimum Gasteiger partial charge on any atom is -0.481 e. The smallest absolute Gasteiger partial charge is 0.303 e. The summed E-state index contributed by atoms with van der Waals surface area (Å²) in [5.41, 5.74) is -0.433. The second-order valence-electron chi connectivity index (χ2n) is 5.84. The van der Waals surface area contributed by atoms with E-state index in [-0.39, 0.29) is 12.3 Å². The average molecular weight is 271 g/mol. The highest BCUT2D eigenvalue weighted by Crippen LogP contribution is 2.12. The number of unbranched alkanes of at least 4 members (excludes halogenated alkanes) is 5. The Morgan fingerprint density at radius 2 is 1.58 bits per heavy atom. The molecule has 0 aliphatic rings. The van der Waals surface area contributed by atoms with Gasteiger partial charge in [-0.25, -0.2) is 0 Å². The van der Waals surface area contributed by atoms with Crippen LogP contribution in [0.25, 0.3) is 0 Å². The molecule has 0 aliphatic carbocycles. The third kappa shape index (κ3) is 11.7. The maximum atomic E-state index is 11.7. The first-order valence-corrected chi connectivity index (χ1v) is 7.40. The van der Waals surface area contributed by atoms with E-state index in [1.54, 1.807) is 0 Å². The molecule has 112 valence electrons. The Bertz CT molecular complexity index is 275. The van der Waals surface area contributed by atoms with Crippen molar-refractivity contribution in [3.05, 3.63) is 0 Å².